The number of thioether (sulfide) groups is 1. The van der Waals surface area contributed by atoms with E-state index in [1.165, 1.54) is 19.1 Å². The fourth-order valence-corrected chi connectivity index (χ4v) is 4.44. The molecule has 0 bridgehead atoms. The summed E-state index contributed by atoms with van der Waals surface area (Å²) in [6.45, 7) is 1.96. The molecule has 0 saturated carbocycles. The standard InChI is InChI=1S/C22H20INO6S/c1-13-4-6-14(7-5-13)11-24-21(26)18(31-22(24)27)10-15-8-16(23)20(17(9-15)28-2)30-12-19(25)29-3/h4-10H,11-12H2,1-3H3/b18-10-. The minimum absolute atomic E-state index is 0.226. The molecule has 0 spiro atoms. The van der Waals surface area contributed by atoms with E-state index >= 15 is 0 Å². The van der Waals surface area contributed by atoms with Gasteiger partial charge in [0, 0.05) is 0 Å². The van der Waals surface area contributed by atoms with Crippen molar-refractivity contribution in [3.8, 4) is 11.5 Å². The van der Waals surface area contributed by atoms with Crippen LogP contribution in [0.2, 0.25) is 0 Å². The van der Waals surface area contributed by atoms with Crippen molar-refractivity contribution in [3.63, 3.8) is 0 Å². The second-order valence-corrected chi connectivity index (χ2v) is 8.81. The number of hydrogen-bond acceptors (Lipinski definition) is 7. The molecular weight excluding hydrogens is 533 g/mol. The highest BCUT2D eigenvalue weighted by molar-refractivity contribution is 14.1. The fraction of sp³-hybridized carbons (Fsp3) is 0.227. The summed E-state index contributed by atoms with van der Waals surface area (Å²) in [6, 6.07) is 11.2. The predicted molar refractivity (Wildman–Crippen MR) is 126 cm³/mol. The molecule has 0 unspecified atom stereocenters. The van der Waals surface area contributed by atoms with Crippen LogP contribution >= 0.6 is 34.4 Å². The molecule has 2 amide bonds. The molecule has 1 saturated heterocycles. The maximum atomic E-state index is 12.8. The van der Waals surface area contributed by atoms with Crippen LogP contribution in [0.3, 0.4) is 0 Å². The van der Waals surface area contributed by atoms with Crippen molar-refractivity contribution in [1.82, 2.24) is 4.90 Å². The zero-order valence-corrected chi connectivity index (χ0v) is 20.1. The first-order valence-corrected chi connectivity index (χ1v) is 11.1. The van der Waals surface area contributed by atoms with Crippen LogP contribution in [-0.4, -0.2) is 42.8 Å². The first-order chi connectivity index (χ1) is 14.8. The molecule has 2 aromatic rings. The molecule has 162 valence electrons. The van der Waals surface area contributed by atoms with Gasteiger partial charge >= 0.3 is 5.97 Å². The van der Waals surface area contributed by atoms with Crippen LogP contribution in [0, 0.1) is 10.5 Å². The first kappa shape index (κ1) is 23.1. The summed E-state index contributed by atoms with van der Waals surface area (Å²) in [7, 11) is 2.76. The summed E-state index contributed by atoms with van der Waals surface area (Å²) in [5.41, 5.74) is 2.67. The predicted octanol–water partition coefficient (Wildman–Crippen LogP) is 4.40. The summed E-state index contributed by atoms with van der Waals surface area (Å²) in [5.74, 6) is -0.0428. The Morgan fingerprint density at radius 1 is 1.16 bits per heavy atom. The number of methoxy groups -OCH3 is 2. The lowest BCUT2D eigenvalue weighted by Crippen LogP contribution is -2.27. The molecule has 1 fully saturated rings. The van der Waals surface area contributed by atoms with Crippen molar-refractivity contribution in [1.29, 1.82) is 0 Å². The minimum Gasteiger partial charge on any atom is -0.493 e. The molecular formula is C22H20INO6S. The normalized spacial score (nSPS) is 14.8. The molecule has 1 aliphatic rings. The van der Waals surface area contributed by atoms with Gasteiger partial charge in [-0.25, -0.2) is 4.79 Å². The number of ether oxygens (including phenoxy) is 3. The Morgan fingerprint density at radius 2 is 1.87 bits per heavy atom. The maximum Gasteiger partial charge on any atom is 0.343 e. The van der Waals surface area contributed by atoms with Crippen LogP contribution < -0.4 is 9.47 Å². The van der Waals surface area contributed by atoms with Gasteiger partial charge in [-0.15, -0.1) is 0 Å². The van der Waals surface area contributed by atoms with Gasteiger partial charge in [-0.1, -0.05) is 29.8 Å². The van der Waals surface area contributed by atoms with E-state index in [1.807, 2.05) is 31.2 Å². The highest BCUT2D eigenvalue weighted by Crippen LogP contribution is 2.37. The van der Waals surface area contributed by atoms with Crippen LogP contribution in [0.25, 0.3) is 6.08 Å². The topological polar surface area (TPSA) is 82.1 Å². The van der Waals surface area contributed by atoms with E-state index in [2.05, 4.69) is 27.3 Å². The molecule has 2 aromatic carbocycles. The number of aryl methyl sites for hydroxylation is 1. The Balaban J connectivity index is 1.81. The number of halogens is 1. The number of amides is 2. The van der Waals surface area contributed by atoms with Crippen molar-refractivity contribution in [3.05, 3.63) is 61.6 Å². The Hall–Kier alpha value is -2.53. The Bertz CT molecular complexity index is 1050. The summed E-state index contributed by atoms with van der Waals surface area (Å²) < 4.78 is 16.1. The Labute approximate surface area is 197 Å². The first-order valence-electron chi connectivity index (χ1n) is 9.20. The van der Waals surface area contributed by atoms with Crippen molar-refractivity contribution in [2.75, 3.05) is 20.8 Å². The Kier molecular flexibility index (Phi) is 7.60. The number of carbonyl (C=O) groups excluding carboxylic acids is 3. The van der Waals surface area contributed by atoms with Crippen molar-refractivity contribution in [2.24, 2.45) is 0 Å². The average molecular weight is 553 g/mol. The molecule has 0 N–H and O–H groups in total. The van der Waals surface area contributed by atoms with Crippen LogP contribution in [0.1, 0.15) is 16.7 Å². The third-order valence-electron chi connectivity index (χ3n) is 4.45. The lowest BCUT2D eigenvalue weighted by molar-refractivity contribution is -0.143. The fourth-order valence-electron chi connectivity index (χ4n) is 2.82. The van der Waals surface area contributed by atoms with E-state index in [9.17, 15) is 14.4 Å². The van der Waals surface area contributed by atoms with Gasteiger partial charge in [0.15, 0.2) is 18.1 Å². The van der Waals surface area contributed by atoms with Crippen LogP contribution in [0.4, 0.5) is 4.79 Å². The zero-order chi connectivity index (χ0) is 22.5. The molecule has 1 heterocycles. The summed E-state index contributed by atoms with van der Waals surface area (Å²) >= 11 is 2.96. The SMILES string of the molecule is COC(=O)COc1c(I)cc(/C=C2\SC(=O)N(Cc3ccc(C)cc3)C2=O)cc1OC. The third kappa shape index (κ3) is 5.59. The quantitative estimate of drug-likeness (QED) is 0.286. The number of rotatable bonds is 7. The molecule has 3 rings (SSSR count). The lowest BCUT2D eigenvalue weighted by atomic mass is 10.1. The van der Waals surface area contributed by atoms with Crippen LogP contribution in [-0.2, 0) is 20.9 Å². The second-order valence-electron chi connectivity index (χ2n) is 6.65. The number of esters is 1. The zero-order valence-electron chi connectivity index (χ0n) is 17.1. The van der Waals surface area contributed by atoms with Gasteiger partial charge in [-0.3, -0.25) is 14.5 Å². The van der Waals surface area contributed by atoms with Gasteiger partial charge in [0.1, 0.15) is 0 Å². The smallest absolute Gasteiger partial charge is 0.343 e. The molecule has 0 aromatic heterocycles. The third-order valence-corrected chi connectivity index (χ3v) is 6.16. The van der Waals surface area contributed by atoms with Crippen molar-refractivity contribution < 1.29 is 28.6 Å². The minimum atomic E-state index is -0.510. The molecule has 0 atom stereocenters. The Morgan fingerprint density at radius 3 is 2.52 bits per heavy atom. The monoisotopic (exact) mass is 553 g/mol. The summed E-state index contributed by atoms with van der Waals surface area (Å²) in [6.07, 6.45) is 1.65. The molecule has 0 radical (unpaired) electrons. The van der Waals surface area contributed by atoms with Gasteiger partial charge in [0.05, 0.1) is 29.2 Å². The second kappa shape index (κ2) is 10.2. The average Bonchev–Trinajstić information content (AvgIpc) is 3.01. The largest absolute Gasteiger partial charge is 0.493 e. The van der Waals surface area contributed by atoms with Crippen molar-refractivity contribution >= 4 is 57.5 Å². The molecule has 0 aliphatic carbocycles. The molecule has 9 heteroatoms. The molecule has 1 aliphatic heterocycles. The van der Waals surface area contributed by atoms with Crippen molar-refractivity contribution in [2.45, 2.75) is 13.5 Å². The number of carbonyl (C=O) groups is 3. The van der Waals surface area contributed by atoms with Gasteiger partial charge in [0.25, 0.3) is 11.1 Å². The maximum absolute atomic E-state index is 12.8. The van der Waals surface area contributed by atoms with Gasteiger partial charge in [-0.2, -0.15) is 0 Å². The van der Waals surface area contributed by atoms with E-state index in [0.717, 1.165) is 22.9 Å². The summed E-state index contributed by atoms with van der Waals surface area (Å²) in [4.78, 5) is 38.2. The van der Waals surface area contributed by atoms with Gasteiger partial charge in [-0.05, 0) is 70.6 Å². The highest BCUT2D eigenvalue weighted by Gasteiger charge is 2.35. The molecule has 7 nitrogen and oxygen atoms in total. The summed E-state index contributed by atoms with van der Waals surface area (Å²) in [5, 5.41) is -0.309. The molecule has 31 heavy (non-hydrogen) atoms. The van der Waals surface area contributed by atoms with E-state index in [4.69, 9.17) is 9.47 Å². The lowest BCUT2D eigenvalue weighted by Gasteiger charge is -2.13. The van der Waals surface area contributed by atoms with E-state index < -0.39 is 5.97 Å². The van der Waals surface area contributed by atoms with Crippen LogP contribution in [0.15, 0.2) is 41.3 Å². The van der Waals surface area contributed by atoms with E-state index in [-0.39, 0.29) is 24.3 Å². The van der Waals surface area contributed by atoms with E-state index in [0.29, 0.717) is 25.5 Å². The number of benzene rings is 2. The van der Waals surface area contributed by atoms with Gasteiger partial charge in [0.2, 0.25) is 0 Å². The highest BCUT2D eigenvalue weighted by atomic mass is 127. The number of imide groups is 1. The van der Waals surface area contributed by atoms with Gasteiger partial charge < -0.3 is 14.2 Å². The number of nitrogens with zero attached hydrogens (tertiary/aromatic N) is 1. The van der Waals surface area contributed by atoms with E-state index in [1.54, 1.807) is 18.2 Å². The van der Waals surface area contributed by atoms with Crippen LogP contribution in [0.5, 0.6) is 11.5 Å². The number of hydrogen-bond donors (Lipinski definition) is 0.